The Morgan fingerprint density at radius 1 is 1.12 bits per heavy atom. The number of piperidine rings is 1. The van der Waals surface area contributed by atoms with Crippen LogP contribution in [-0.4, -0.2) is 45.8 Å². The molecule has 2 heterocycles. The van der Waals surface area contributed by atoms with E-state index in [0.717, 1.165) is 4.88 Å². The number of methoxy groups -OCH3 is 2. The molecular weight excluding hydrogens is 374 g/mol. The number of Topliss-reactive ketones (excluding diaryl/α,β-unsaturated/α-hetero) is 1. The number of benzene rings is 1. The molecule has 6 nitrogen and oxygen atoms in total. The Morgan fingerprint density at radius 3 is 2.38 bits per heavy atom. The summed E-state index contributed by atoms with van der Waals surface area (Å²) in [6, 6.07) is 8.24. The van der Waals surface area contributed by atoms with Crippen molar-refractivity contribution in [2.75, 3.05) is 27.3 Å². The fourth-order valence-electron chi connectivity index (χ4n) is 3.10. The molecule has 1 fully saturated rings. The van der Waals surface area contributed by atoms with Gasteiger partial charge in [0, 0.05) is 25.1 Å². The van der Waals surface area contributed by atoms with Crippen LogP contribution < -0.4 is 9.47 Å². The van der Waals surface area contributed by atoms with Crippen LogP contribution in [0, 0.1) is 5.92 Å². The maximum Gasteiger partial charge on any atom is 0.243 e. The number of nitrogens with zero attached hydrogens (tertiary/aromatic N) is 1. The molecule has 0 radical (unpaired) electrons. The van der Waals surface area contributed by atoms with Gasteiger partial charge in [-0.1, -0.05) is 6.07 Å². The van der Waals surface area contributed by atoms with Crippen LogP contribution >= 0.6 is 11.3 Å². The van der Waals surface area contributed by atoms with E-state index < -0.39 is 10.0 Å². The molecule has 2 aromatic rings. The number of rotatable bonds is 6. The smallest absolute Gasteiger partial charge is 0.243 e. The van der Waals surface area contributed by atoms with Gasteiger partial charge in [0.25, 0.3) is 0 Å². The van der Waals surface area contributed by atoms with E-state index >= 15 is 0 Å². The summed E-state index contributed by atoms with van der Waals surface area (Å²) in [5.41, 5.74) is 0. The summed E-state index contributed by atoms with van der Waals surface area (Å²) in [5.74, 6) is 0.844. The largest absolute Gasteiger partial charge is 0.493 e. The predicted octanol–water partition coefficient (Wildman–Crippen LogP) is 3.05. The lowest BCUT2D eigenvalue weighted by Crippen LogP contribution is -2.40. The molecule has 1 aromatic carbocycles. The van der Waals surface area contributed by atoms with Crippen molar-refractivity contribution < 1.29 is 22.7 Å². The molecule has 1 aliphatic heterocycles. The first kappa shape index (κ1) is 18.9. The Morgan fingerprint density at radius 2 is 1.81 bits per heavy atom. The van der Waals surface area contributed by atoms with Crippen LogP contribution in [0.25, 0.3) is 0 Å². The van der Waals surface area contributed by atoms with Crippen LogP contribution in [0.2, 0.25) is 0 Å². The third-order valence-corrected chi connectivity index (χ3v) is 7.36. The Kier molecular flexibility index (Phi) is 5.64. The number of hydrogen-bond donors (Lipinski definition) is 0. The molecule has 0 atom stereocenters. The lowest BCUT2D eigenvalue weighted by atomic mass is 9.93. The van der Waals surface area contributed by atoms with Crippen LogP contribution in [-0.2, 0) is 10.0 Å². The molecule has 8 heteroatoms. The number of hydrogen-bond acceptors (Lipinski definition) is 6. The first-order chi connectivity index (χ1) is 12.5. The van der Waals surface area contributed by atoms with Gasteiger partial charge in [0.2, 0.25) is 10.0 Å². The molecule has 0 bridgehead atoms. The fraction of sp³-hybridized carbons (Fsp3) is 0.389. The molecule has 1 saturated heterocycles. The number of carbonyl (C=O) groups is 1. The van der Waals surface area contributed by atoms with Gasteiger partial charge >= 0.3 is 0 Å². The molecule has 3 rings (SSSR count). The van der Waals surface area contributed by atoms with Crippen molar-refractivity contribution in [2.45, 2.75) is 17.7 Å². The summed E-state index contributed by atoms with van der Waals surface area (Å²) in [6.45, 7) is 0.664. The van der Waals surface area contributed by atoms with E-state index in [1.807, 2.05) is 17.5 Å². The molecule has 0 N–H and O–H groups in total. The number of carbonyl (C=O) groups excluding carboxylic acids is 1. The molecule has 0 aliphatic carbocycles. The summed E-state index contributed by atoms with van der Waals surface area (Å²) in [6.07, 6.45) is 1.06. The van der Waals surface area contributed by atoms with E-state index in [9.17, 15) is 13.2 Å². The normalized spacial score (nSPS) is 16.4. The van der Waals surface area contributed by atoms with Gasteiger partial charge in [0.1, 0.15) is 0 Å². The predicted molar refractivity (Wildman–Crippen MR) is 99.7 cm³/mol. The van der Waals surface area contributed by atoms with Gasteiger partial charge in [-0.25, -0.2) is 8.42 Å². The van der Waals surface area contributed by atoms with Crippen molar-refractivity contribution in [3.63, 3.8) is 0 Å². The highest BCUT2D eigenvalue weighted by Crippen LogP contribution is 2.32. The van der Waals surface area contributed by atoms with Gasteiger partial charge in [-0.2, -0.15) is 4.31 Å². The van der Waals surface area contributed by atoms with E-state index in [2.05, 4.69) is 0 Å². The number of sulfonamides is 1. The Hall–Kier alpha value is -1.90. The molecular formula is C18H21NO5S2. The molecule has 0 saturated carbocycles. The maximum absolute atomic E-state index is 12.9. The van der Waals surface area contributed by atoms with E-state index in [1.54, 1.807) is 6.07 Å². The Bertz CT molecular complexity index is 869. The second-order valence-electron chi connectivity index (χ2n) is 6.04. The first-order valence-corrected chi connectivity index (χ1v) is 10.6. The molecule has 0 amide bonds. The van der Waals surface area contributed by atoms with Crippen molar-refractivity contribution in [3.8, 4) is 11.5 Å². The third-order valence-electron chi connectivity index (χ3n) is 4.58. The van der Waals surface area contributed by atoms with Crippen LogP contribution in [0.1, 0.15) is 22.5 Å². The van der Waals surface area contributed by atoms with E-state index in [1.165, 1.54) is 42.0 Å². The summed E-state index contributed by atoms with van der Waals surface area (Å²) >= 11 is 1.43. The molecule has 1 aliphatic rings. The average molecular weight is 396 g/mol. The van der Waals surface area contributed by atoms with Gasteiger partial charge < -0.3 is 9.47 Å². The second-order valence-corrected chi connectivity index (χ2v) is 8.92. The lowest BCUT2D eigenvalue weighted by Gasteiger charge is -2.30. The molecule has 1 aromatic heterocycles. The van der Waals surface area contributed by atoms with Crippen LogP contribution in [0.3, 0.4) is 0 Å². The minimum Gasteiger partial charge on any atom is -0.493 e. The van der Waals surface area contributed by atoms with Crippen LogP contribution in [0.4, 0.5) is 0 Å². The number of ether oxygens (including phenoxy) is 2. The quantitative estimate of drug-likeness (QED) is 0.703. The van der Waals surface area contributed by atoms with Crippen molar-refractivity contribution in [2.24, 2.45) is 5.92 Å². The summed E-state index contributed by atoms with van der Waals surface area (Å²) < 4.78 is 37.6. The minimum atomic E-state index is -3.63. The minimum absolute atomic E-state index is 0.114. The van der Waals surface area contributed by atoms with Crippen molar-refractivity contribution in [1.29, 1.82) is 0 Å². The summed E-state index contributed by atoms with van der Waals surface area (Å²) in [4.78, 5) is 13.4. The van der Waals surface area contributed by atoms with Crippen molar-refractivity contribution in [1.82, 2.24) is 4.31 Å². The lowest BCUT2D eigenvalue weighted by molar-refractivity contribution is 0.0879. The number of thiophene rings is 1. The average Bonchev–Trinajstić information content (AvgIpc) is 3.21. The fourth-order valence-corrected chi connectivity index (χ4v) is 5.33. The highest BCUT2D eigenvalue weighted by Gasteiger charge is 2.33. The Balaban J connectivity index is 1.73. The zero-order chi connectivity index (χ0) is 18.7. The van der Waals surface area contributed by atoms with Crippen molar-refractivity contribution >= 4 is 27.1 Å². The monoisotopic (exact) mass is 395 g/mol. The topological polar surface area (TPSA) is 72.9 Å². The van der Waals surface area contributed by atoms with Gasteiger partial charge in [0.15, 0.2) is 17.3 Å². The molecule has 26 heavy (non-hydrogen) atoms. The van der Waals surface area contributed by atoms with E-state index in [0.29, 0.717) is 37.4 Å². The van der Waals surface area contributed by atoms with Gasteiger partial charge in [0.05, 0.1) is 24.0 Å². The van der Waals surface area contributed by atoms with Crippen LogP contribution in [0.5, 0.6) is 11.5 Å². The first-order valence-electron chi connectivity index (χ1n) is 8.27. The van der Waals surface area contributed by atoms with E-state index in [-0.39, 0.29) is 16.6 Å². The standard InChI is InChI=1S/C18H21NO5S2/c1-23-15-6-5-14(12-16(15)24-2)26(21,22)19-9-7-13(8-10-19)18(20)17-4-3-11-25-17/h3-6,11-13H,7-10H2,1-2H3. The second kappa shape index (κ2) is 7.77. The third kappa shape index (κ3) is 3.62. The highest BCUT2D eigenvalue weighted by molar-refractivity contribution is 7.89. The van der Waals surface area contributed by atoms with Crippen LogP contribution in [0.15, 0.2) is 40.6 Å². The van der Waals surface area contributed by atoms with Gasteiger partial charge in [-0.05, 0) is 36.4 Å². The molecule has 0 unspecified atom stereocenters. The van der Waals surface area contributed by atoms with Crippen molar-refractivity contribution in [3.05, 3.63) is 40.6 Å². The zero-order valence-electron chi connectivity index (χ0n) is 14.7. The maximum atomic E-state index is 12.9. The number of ketones is 1. The van der Waals surface area contributed by atoms with Gasteiger partial charge in [-0.3, -0.25) is 4.79 Å². The molecule has 0 spiro atoms. The zero-order valence-corrected chi connectivity index (χ0v) is 16.3. The Labute approximate surface area is 157 Å². The SMILES string of the molecule is COc1ccc(S(=O)(=O)N2CCC(C(=O)c3cccs3)CC2)cc1OC. The molecule has 140 valence electrons. The summed E-state index contributed by atoms with van der Waals surface area (Å²) in [5, 5.41) is 1.88. The highest BCUT2D eigenvalue weighted by atomic mass is 32.2. The summed E-state index contributed by atoms with van der Waals surface area (Å²) in [7, 11) is -0.664. The van der Waals surface area contributed by atoms with Gasteiger partial charge in [-0.15, -0.1) is 11.3 Å². The van der Waals surface area contributed by atoms with E-state index in [4.69, 9.17) is 9.47 Å².